The van der Waals surface area contributed by atoms with Crippen molar-refractivity contribution in [3.05, 3.63) is 14.2 Å². The zero-order valence-electron chi connectivity index (χ0n) is 15.2. The fourth-order valence-electron chi connectivity index (χ4n) is 1.49. The van der Waals surface area contributed by atoms with E-state index in [0.29, 0.717) is 5.73 Å². The number of hydrogen-bond donors (Lipinski definition) is 0. The van der Waals surface area contributed by atoms with Gasteiger partial charge in [0.05, 0.1) is 8.07 Å². The number of hydrogen-bond acceptors (Lipinski definition) is 3. The maximum absolute atomic E-state index is 5.95. The second-order valence-corrected chi connectivity index (χ2v) is 12.9. The van der Waals surface area contributed by atoms with Crippen LogP contribution in [-0.4, -0.2) is 36.1 Å². The number of rotatable bonds is 9. The summed E-state index contributed by atoms with van der Waals surface area (Å²) in [4.78, 5) is 0. The molecule has 121 valence electrons. The van der Waals surface area contributed by atoms with E-state index in [4.69, 9.17) is 9.16 Å². The first kappa shape index (κ1) is 27.6. The van der Waals surface area contributed by atoms with E-state index in [2.05, 4.69) is 52.1 Å². The molecule has 0 aromatic carbocycles. The summed E-state index contributed by atoms with van der Waals surface area (Å²) in [5.74, 6) is 0. The molecule has 7 heteroatoms. The molecule has 0 aliphatic rings. The van der Waals surface area contributed by atoms with Gasteiger partial charge in [-0.2, -0.15) is 0 Å². The van der Waals surface area contributed by atoms with Crippen molar-refractivity contribution in [3.63, 3.8) is 0 Å². The zero-order chi connectivity index (χ0) is 15.3. The van der Waals surface area contributed by atoms with Gasteiger partial charge >= 0.3 is 0 Å². The normalized spacial score (nSPS) is 11.9. The summed E-state index contributed by atoms with van der Waals surface area (Å²) < 4.78 is 15.2. The van der Waals surface area contributed by atoms with Crippen LogP contribution < -0.4 is 0 Å². The predicted molar refractivity (Wildman–Crippen MR) is 87.8 cm³/mol. The van der Waals surface area contributed by atoms with Gasteiger partial charge in [-0.05, 0) is 32.9 Å². The number of ether oxygens (including phenoxy) is 2. The molecule has 1 radical (unpaired) electrons. The molecule has 21 heavy (non-hydrogen) atoms. The van der Waals surface area contributed by atoms with Crippen LogP contribution in [0.4, 0.5) is 0 Å². The molecule has 0 amide bonds. The summed E-state index contributed by atoms with van der Waals surface area (Å²) in [6.07, 6.45) is 2.18. The third kappa shape index (κ3) is 18.3. The van der Waals surface area contributed by atoms with Crippen LogP contribution >= 0.6 is 0 Å². The molecule has 0 saturated heterocycles. The molecule has 0 heterocycles. The molecule has 1 unspecified atom stereocenters. The van der Waals surface area contributed by atoms with Gasteiger partial charge in [-0.3, -0.25) is 0 Å². The Hall–Kier alpha value is -1.69. The fraction of sp³-hybridized carbons (Fsp3) is 0.857. The minimum absolute atomic E-state index is 0. The molecule has 0 aromatic heterocycles. The van der Waals surface area contributed by atoms with E-state index in [1.807, 2.05) is 6.92 Å². The average molecular weight is 840 g/mol. The summed E-state index contributed by atoms with van der Waals surface area (Å²) >= 11 is 0. The quantitative estimate of drug-likeness (QED) is 0.197. The standard InChI is InChI=1S/C10H24O2Si2.C4H9O.2Rf/c1-10(12-13(3)4)14(5,6)9-7-8-11-2;1-3-4-5-2;;/h10H,2,7-9H2,1,3-6H3;2-4H2,1H3;;/q2*-1;;. The molecule has 0 aliphatic carbocycles. The molecule has 1 atom stereocenters. The summed E-state index contributed by atoms with van der Waals surface area (Å²) in [7, 11) is 4.80. The minimum Gasteiger partial charge on any atom is -0.555 e. The van der Waals surface area contributed by atoms with Crippen LogP contribution in [0.2, 0.25) is 32.2 Å². The van der Waals surface area contributed by atoms with Crippen LogP contribution in [-0.2, 0) is 13.9 Å². The first-order chi connectivity index (χ1) is 8.81. The predicted octanol–water partition coefficient (Wildman–Crippen LogP) is 4.29. The van der Waals surface area contributed by atoms with Crippen molar-refractivity contribution >= 4 is 17.1 Å². The Morgan fingerprint density at radius 3 is 1.81 bits per heavy atom. The van der Waals surface area contributed by atoms with Crippen LogP contribution in [0.25, 0.3) is 0 Å². The van der Waals surface area contributed by atoms with E-state index in [0.717, 1.165) is 26.1 Å². The van der Waals surface area contributed by atoms with Crippen molar-refractivity contribution in [3.8, 4) is 0 Å². The Bertz CT molecular complexity index is 195. The molecule has 0 spiro atoms. The van der Waals surface area contributed by atoms with Gasteiger partial charge in [0.2, 0.25) is 9.04 Å². The van der Waals surface area contributed by atoms with Crippen molar-refractivity contribution in [2.75, 3.05) is 13.2 Å². The SMILES string of the molecule is [CH2-]OCCC.[CH2-]OCCC[Si](C)(C)C(C)O[Si](C)C.[Rf].[Rf]. The van der Waals surface area contributed by atoms with E-state index in [9.17, 15) is 0 Å². The molecule has 0 saturated carbocycles. The van der Waals surface area contributed by atoms with Crippen molar-refractivity contribution < 1.29 is 13.9 Å². The van der Waals surface area contributed by atoms with Crippen molar-refractivity contribution in [1.29, 1.82) is 0 Å². The Balaban J connectivity index is -0.000000179. The largest absolute Gasteiger partial charge is 0.555 e. The van der Waals surface area contributed by atoms with Gasteiger partial charge in [-0.1, -0.05) is 26.1 Å². The van der Waals surface area contributed by atoms with E-state index in [-0.39, 0.29) is 0 Å². The molecule has 3 nitrogen and oxygen atoms in total. The fourth-order valence-corrected chi connectivity index (χ4v) is 5.64. The smallest absolute Gasteiger partial charge is 0.204 e. The monoisotopic (exact) mass is 839 g/mol. The Kier molecular flexibility index (Phi) is 21.5. The molecule has 0 rings (SSSR count). The van der Waals surface area contributed by atoms with Gasteiger partial charge in [0.1, 0.15) is 0 Å². The second kappa shape index (κ2) is 16.4. The topological polar surface area (TPSA) is 27.7 Å². The van der Waals surface area contributed by atoms with E-state index in [1.165, 1.54) is 6.04 Å². The third-order valence-corrected chi connectivity index (χ3v) is 7.99. The van der Waals surface area contributed by atoms with Crippen LogP contribution in [0, 0.1) is 14.2 Å². The van der Waals surface area contributed by atoms with E-state index in [1.54, 1.807) is 0 Å². The summed E-state index contributed by atoms with van der Waals surface area (Å²) in [5, 5.41) is 0. The maximum atomic E-state index is 5.95. The first-order valence-corrected chi connectivity index (χ1v) is 12.7. The molecule has 0 bridgehead atoms. The Morgan fingerprint density at radius 1 is 1.05 bits per heavy atom. The van der Waals surface area contributed by atoms with Gasteiger partial charge in [-0.15, -0.1) is 0 Å². The van der Waals surface area contributed by atoms with Crippen molar-refractivity contribution in [1.82, 2.24) is 0 Å². The average Bonchev–Trinajstić information content (AvgIpc) is 2.30. The molecule has 0 fully saturated rings. The molecule has 0 aliphatic heterocycles. The summed E-state index contributed by atoms with van der Waals surface area (Å²) in [5.41, 5.74) is 0.469. The van der Waals surface area contributed by atoms with E-state index < -0.39 is 17.1 Å². The zero-order valence-corrected chi connectivity index (χ0v) is 30.0. The van der Waals surface area contributed by atoms with Crippen LogP contribution in [0.1, 0.15) is 26.7 Å². The second-order valence-electron chi connectivity index (χ2n) is 5.58. The molecule has 0 aromatic rings. The first-order valence-electron chi connectivity index (χ1n) is 7.02. The minimum atomic E-state index is -1.21. The van der Waals surface area contributed by atoms with Crippen molar-refractivity contribution in [2.24, 2.45) is 0 Å². The molecular weight excluding hydrogens is 806 g/mol. The van der Waals surface area contributed by atoms with Gasteiger partial charge in [0, 0.05) is 18.9 Å². The maximum Gasteiger partial charge on any atom is 0.204 e. The molecule has 0 N–H and O–H groups in total. The van der Waals surface area contributed by atoms with Gasteiger partial charge < -0.3 is 13.9 Å². The van der Waals surface area contributed by atoms with Crippen molar-refractivity contribution in [2.45, 2.75) is 64.6 Å². The van der Waals surface area contributed by atoms with Gasteiger partial charge in [0.25, 0.3) is 0 Å². The molecular formula is C14H33O3Rf2Si2-2. The van der Waals surface area contributed by atoms with Crippen LogP contribution in [0.15, 0.2) is 0 Å². The summed E-state index contributed by atoms with van der Waals surface area (Å²) in [6, 6.07) is 1.26. The van der Waals surface area contributed by atoms with Crippen LogP contribution in [0.5, 0.6) is 0 Å². The summed E-state index contributed by atoms with van der Waals surface area (Å²) in [6.45, 7) is 15.0. The van der Waals surface area contributed by atoms with Crippen LogP contribution in [0.3, 0.4) is 0 Å². The van der Waals surface area contributed by atoms with Gasteiger partial charge in [-0.25, -0.2) is 14.2 Å². The van der Waals surface area contributed by atoms with E-state index >= 15 is 0 Å². The Morgan fingerprint density at radius 2 is 1.52 bits per heavy atom. The Labute approximate surface area is 123 Å². The van der Waals surface area contributed by atoms with Gasteiger partial charge in [0.15, 0.2) is 0 Å². The third-order valence-electron chi connectivity index (χ3n) is 2.97.